The normalized spacial score (nSPS) is 32.2. The molecule has 13 heavy (non-hydrogen) atoms. The molecule has 1 aliphatic rings. The third kappa shape index (κ3) is 7.05. The van der Waals surface area contributed by atoms with Crippen molar-refractivity contribution in [2.24, 2.45) is 0 Å². The van der Waals surface area contributed by atoms with Gasteiger partial charge in [0.2, 0.25) is 0 Å². The Balaban J connectivity index is 0.00000144. The second-order valence-electron chi connectivity index (χ2n) is 2.42. The van der Waals surface area contributed by atoms with Gasteiger partial charge in [-0.1, -0.05) is 11.8 Å². The zero-order chi connectivity index (χ0) is 9.19. The summed E-state index contributed by atoms with van der Waals surface area (Å²) in [6, 6.07) is 0. The van der Waals surface area contributed by atoms with Gasteiger partial charge in [-0.15, -0.1) is 0 Å². The Morgan fingerprint density at radius 1 is 1.77 bits per heavy atom. The first kappa shape index (κ1) is 15.1. The quantitative estimate of drug-likeness (QED) is 0.412. The molecule has 1 N–H and O–H groups in total. The maximum Gasteiger partial charge on any atom is 1.00 e. The van der Waals surface area contributed by atoms with Crippen molar-refractivity contribution in [2.75, 3.05) is 13.2 Å². The fraction of sp³-hybridized carbons (Fsp3) is 1.00. The fourth-order valence-electron chi connectivity index (χ4n) is 0.857. The van der Waals surface area contributed by atoms with Crippen LogP contribution in [0.2, 0.25) is 0 Å². The van der Waals surface area contributed by atoms with Gasteiger partial charge in [0.1, 0.15) is 12.8 Å². The predicted octanol–water partition coefficient (Wildman–Crippen LogP) is -3.65. The Bertz CT molecular complexity index is 197. The smallest absolute Gasteiger partial charge is 0.780 e. The van der Waals surface area contributed by atoms with Crippen LogP contribution in [0.1, 0.15) is 6.92 Å². The van der Waals surface area contributed by atoms with E-state index in [-0.39, 0.29) is 70.4 Å². The summed E-state index contributed by atoms with van der Waals surface area (Å²) >= 11 is 4.14. The van der Waals surface area contributed by atoms with Crippen molar-refractivity contribution in [3.63, 3.8) is 0 Å². The monoisotopic (exact) mass is 252 g/mol. The molecule has 1 fully saturated rings. The van der Waals surface area contributed by atoms with E-state index in [2.05, 4.69) is 16.3 Å². The van der Waals surface area contributed by atoms with Crippen LogP contribution in [0.4, 0.5) is 0 Å². The van der Waals surface area contributed by atoms with Crippen LogP contribution < -0.4 is 56.3 Å². The van der Waals surface area contributed by atoms with Gasteiger partial charge in [-0.3, -0.25) is 0 Å². The molecule has 0 bridgehead atoms. The predicted molar refractivity (Wildman–Crippen MR) is 42.7 cm³/mol. The summed E-state index contributed by atoms with van der Waals surface area (Å²) in [6.07, 6.45) is -0.565. The average molecular weight is 252 g/mol. The van der Waals surface area contributed by atoms with E-state index in [1.54, 1.807) is 6.92 Å². The Hall–Kier alpha value is 2.09. The molecule has 0 saturated carbocycles. The van der Waals surface area contributed by atoms with E-state index < -0.39 is 6.72 Å². The SMILES string of the molecule is C[C@@H]1OC[C@H](COP([O-])(O)=S)O1.[K+]. The molecule has 0 spiro atoms. The van der Waals surface area contributed by atoms with Crippen LogP contribution in [-0.4, -0.2) is 30.5 Å². The van der Waals surface area contributed by atoms with Crippen LogP contribution in [0.5, 0.6) is 0 Å². The van der Waals surface area contributed by atoms with Gasteiger partial charge < -0.3 is 23.8 Å². The van der Waals surface area contributed by atoms with Crippen molar-refractivity contribution in [1.29, 1.82) is 0 Å². The molecule has 1 saturated heterocycles. The van der Waals surface area contributed by atoms with Gasteiger partial charge in [0, 0.05) is 0 Å². The van der Waals surface area contributed by atoms with Gasteiger partial charge in [-0.25, -0.2) is 0 Å². The molecule has 8 heteroatoms. The summed E-state index contributed by atoms with van der Waals surface area (Å²) in [6.45, 7) is -1.67. The maximum atomic E-state index is 10.5. The zero-order valence-corrected chi connectivity index (χ0v) is 12.3. The molecule has 0 aromatic carbocycles. The molecule has 0 radical (unpaired) electrons. The third-order valence-corrected chi connectivity index (χ3v) is 2.12. The van der Waals surface area contributed by atoms with Gasteiger partial charge in [0.05, 0.1) is 13.2 Å². The summed E-state index contributed by atoms with van der Waals surface area (Å²) in [4.78, 5) is 19.1. The average Bonchev–Trinajstić information content (AvgIpc) is 2.30. The van der Waals surface area contributed by atoms with Crippen molar-refractivity contribution in [3.05, 3.63) is 0 Å². The molecule has 3 atom stereocenters. The molecule has 1 heterocycles. The number of hydrogen-bond donors (Lipinski definition) is 1. The Kier molecular flexibility index (Phi) is 7.68. The molecule has 0 aromatic heterocycles. The van der Waals surface area contributed by atoms with Crippen molar-refractivity contribution in [3.8, 4) is 0 Å². The summed E-state index contributed by atoms with van der Waals surface area (Å²) in [7, 11) is 0. The van der Waals surface area contributed by atoms with E-state index >= 15 is 0 Å². The minimum atomic E-state index is -3.79. The topological polar surface area (TPSA) is 71.0 Å². The van der Waals surface area contributed by atoms with Crippen LogP contribution in [0.15, 0.2) is 0 Å². The van der Waals surface area contributed by atoms with Crippen molar-refractivity contribution < 1.29 is 75.2 Å². The maximum absolute atomic E-state index is 10.5. The largest absolute Gasteiger partial charge is 1.00 e. The van der Waals surface area contributed by atoms with Crippen LogP contribution >= 0.6 is 6.72 Å². The van der Waals surface area contributed by atoms with E-state index in [1.807, 2.05) is 0 Å². The Morgan fingerprint density at radius 2 is 2.38 bits per heavy atom. The van der Waals surface area contributed by atoms with E-state index in [4.69, 9.17) is 14.4 Å². The fourth-order valence-corrected chi connectivity index (χ4v) is 1.39. The van der Waals surface area contributed by atoms with E-state index in [1.165, 1.54) is 0 Å². The summed E-state index contributed by atoms with van der Waals surface area (Å²) in [5.74, 6) is 0. The van der Waals surface area contributed by atoms with Crippen molar-refractivity contribution in [1.82, 2.24) is 0 Å². The van der Waals surface area contributed by atoms with Gasteiger partial charge in [0.15, 0.2) is 6.29 Å². The molecule has 5 nitrogen and oxygen atoms in total. The van der Waals surface area contributed by atoms with Gasteiger partial charge in [-0.05, 0) is 6.92 Å². The molecule has 0 aromatic rings. The summed E-state index contributed by atoms with van der Waals surface area (Å²) in [5, 5.41) is 0. The van der Waals surface area contributed by atoms with Crippen molar-refractivity contribution in [2.45, 2.75) is 19.3 Å². The van der Waals surface area contributed by atoms with Crippen LogP contribution in [0.3, 0.4) is 0 Å². The van der Waals surface area contributed by atoms with Crippen LogP contribution in [-0.2, 0) is 25.8 Å². The van der Waals surface area contributed by atoms with Gasteiger partial charge in [0.25, 0.3) is 0 Å². The second-order valence-corrected chi connectivity index (χ2v) is 5.00. The van der Waals surface area contributed by atoms with E-state index in [0.717, 1.165) is 0 Å². The number of rotatable bonds is 3. The molecular weight excluding hydrogens is 242 g/mol. The van der Waals surface area contributed by atoms with Crippen LogP contribution in [0.25, 0.3) is 0 Å². The molecular formula is C5H10KO5PS. The minimum absolute atomic E-state index is 0. The zero-order valence-electron chi connectivity index (χ0n) is 7.50. The Labute approximate surface area is 124 Å². The Morgan fingerprint density at radius 3 is 2.77 bits per heavy atom. The molecule has 0 amide bonds. The van der Waals surface area contributed by atoms with Gasteiger partial charge in [-0.2, -0.15) is 0 Å². The third-order valence-electron chi connectivity index (χ3n) is 1.32. The standard InChI is InChI=1S/C5H11O5PS.K/c1-4-8-2-5(10-4)3-9-11(6,7)12;/h4-5H,2-3H2,1H3,(H2,6,7,12);/q;+1/p-1/t4-,5-;/m1./s1. The second kappa shape index (κ2) is 6.62. The molecule has 1 unspecified atom stereocenters. The first-order valence-corrected chi connectivity index (χ1v) is 6.02. The van der Waals surface area contributed by atoms with Crippen LogP contribution in [0, 0.1) is 0 Å². The first-order valence-electron chi connectivity index (χ1n) is 3.43. The van der Waals surface area contributed by atoms with Crippen molar-refractivity contribution >= 4 is 18.5 Å². The van der Waals surface area contributed by atoms with Gasteiger partial charge >= 0.3 is 51.4 Å². The molecule has 1 aliphatic heterocycles. The van der Waals surface area contributed by atoms with E-state index in [9.17, 15) is 4.89 Å². The summed E-state index contributed by atoms with van der Waals surface area (Å²) < 4.78 is 14.6. The number of hydrogen-bond acceptors (Lipinski definition) is 5. The minimum Gasteiger partial charge on any atom is -0.780 e. The van der Waals surface area contributed by atoms with E-state index in [0.29, 0.717) is 6.61 Å². The molecule has 0 aliphatic carbocycles. The number of ether oxygens (including phenoxy) is 2. The summed E-state index contributed by atoms with van der Waals surface area (Å²) in [5.41, 5.74) is 0. The molecule has 1 rings (SSSR count). The first-order chi connectivity index (χ1) is 5.47. The molecule has 72 valence electrons.